The fourth-order valence-electron chi connectivity index (χ4n) is 1.82. The van der Waals surface area contributed by atoms with Gasteiger partial charge in [0.2, 0.25) is 0 Å². The van der Waals surface area contributed by atoms with Crippen molar-refractivity contribution >= 4 is 23.4 Å². The third-order valence-corrected chi connectivity index (χ3v) is 2.99. The smallest absolute Gasteiger partial charge is 0.412 e. The van der Waals surface area contributed by atoms with Crippen LogP contribution in [-0.2, 0) is 4.74 Å². The summed E-state index contributed by atoms with van der Waals surface area (Å²) in [5.41, 5.74) is 1.02. The van der Waals surface area contributed by atoms with Crippen LogP contribution in [0.15, 0.2) is 36.7 Å². The highest BCUT2D eigenvalue weighted by atomic mass is 35.5. The van der Waals surface area contributed by atoms with E-state index in [1.165, 1.54) is 18.3 Å². The average molecular weight is 323 g/mol. The van der Waals surface area contributed by atoms with Gasteiger partial charge in [-0.2, -0.15) is 0 Å². The number of ether oxygens (including phenoxy) is 1. The highest BCUT2D eigenvalue weighted by Gasteiger charge is 2.17. The van der Waals surface area contributed by atoms with Gasteiger partial charge < -0.3 is 4.74 Å². The molecule has 2 rings (SSSR count). The molecule has 0 atom stereocenters. The van der Waals surface area contributed by atoms with Gasteiger partial charge in [0.1, 0.15) is 11.4 Å². The summed E-state index contributed by atoms with van der Waals surface area (Å²) in [5, 5.41) is 2.66. The molecule has 2 aromatic rings. The van der Waals surface area contributed by atoms with Gasteiger partial charge in [0.15, 0.2) is 0 Å². The van der Waals surface area contributed by atoms with Crippen molar-refractivity contribution in [3.63, 3.8) is 0 Å². The van der Waals surface area contributed by atoms with Crippen LogP contribution >= 0.6 is 11.6 Å². The fraction of sp³-hybridized carbons (Fsp3) is 0.250. The van der Waals surface area contributed by atoms with Gasteiger partial charge in [0.25, 0.3) is 0 Å². The molecule has 0 spiro atoms. The quantitative estimate of drug-likeness (QED) is 0.856. The van der Waals surface area contributed by atoms with E-state index in [0.717, 1.165) is 0 Å². The van der Waals surface area contributed by atoms with Crippen molar-refractivity contribution in [2.45, 2.75) is 26.4 Å². The third kappa shape index (κ3) is 4.18. The van der Waals surface area contributed by atoms with Crippen molar-refractivity contribution in [3.8, 4) is 11.1 Å². The molecule has 0 radical (unpaired) electrons. The number of aromatic nitrogens is 1. The van der Waals surface area contributed by atoms with E-state index in [9.17, 15) is 9.18 Å². The Hall–Kier alpha value is -2.14. The van der Waals surface area contributed by atoms with Gasteiger partial charge in [0, 0.05) is 11.8 Å². The van der Waals surface area contributed by atoms with Gasteiger partial charge in [-0.25, -0.2) is 9.18 Å². The molecule has 1 aromatic carbocycles. The zero-order valence-electron chi connectivity index (χ0n) is 12.5. The van der Waals surface area contributed by atoms with Crippen molar-refractivity contribution in [2.75, 3.05) is 5.32 Å². The summed E-state index contributed by atoms with van der Waals surface area (Å²) in [6.07, 6.45) is 2.43. The highest BCUT2D eigenvalue weighted by molar-refractivity contribution is 6.30. The van der Waals surface area contributed by atoms with Crippen molar-refractivity contribution in [1.29, 1.82) is 0 Å². The Morgan fingerprint density at radius 3 is 2.68 bits per heavy atom. The molecule has 22 heavy (non-hydrogen) atoms. The van der Waals surface area contributed by atoms with Crippen LogP contribution in [0.5, 0.6) is 0 Å². The SMILES string of the molecule is CC(C)(C)OC(=O)Nc1cnccc1-c1ccc(Cl)c(F)c1. The Balaban J connectivity index is 2.30. The number of halogens is 2. The van der Waals surface area contributed by atoms with Gasteiger partial charge in [-0.15, -0.1) is 0 Å². The summed E-state index contributed by atoms with van der Waals surface area (Å²) >= 11 is 5.69. The zero-order valence-corrected chi connectivity index (χ0v) is 13.2. The maximum absolute atomic E-state index is 13.6. The predicted octanol–water partition coefficient (Wildman–Crippen LogP) is 4.89. The maximum Gasteiger partial charge on any atom is 0.412 e. The molecular weight excluding hydrogens is 307 g/mol. The predicted molar refractivity (Wildman–Crippen MR) is 84.5 cm³/mol. The van der Waals surface area contributed by atoms with E-state index in [1.807, 2.05) is 0 Å². The van der Waals surface area contributed by atoms with Crippen LogP contribution in [0, 0.1) is 5.82 Å². The summed E-state index contributed by atoms with van der Waals surface area (Å²) in [7, 11) is 0. The topological polar surface area (TPSA) is 51.2 Å². The first-order chi connectivity index (χ1) is 10.3. The normalized spacial score (nSPS) is 11.1. The van der Waals surface area contributed by atoms with Gasteiger partial charge in [-0.3, -0.25) is 10.3 Å². The van der Waals surface area contributed by atoms with E-state index in [1.54, 1.807) is 39.1 Å². The lowest BCUT2D eigenvalue weighted by Crippen LogP contribution is -2.27. The second-order valence-electron chi connectivity index (χ2n) is 5.68. The van der Waals surface area contributed by atoms with Gasteiger partial charge >= 0.3 is 6.09 Å². The first-order valence-electron chi connectivity index (χ1n) is 6.66. The molecule has 0 aliphatic carbocycles. The van der Waals surface area contributed by atoms with E-state index in [0.29, 0.717) is 16.8 Å². The number of hydrogen-bond acceptors (Lipinski definition) is 3. The summed E-state index contributed by atoms with van der Waals surface area (Å²) < 4.78 is 18.8. The molecular formula is C16H16ClFN2O2. The standard InChI is InChI=1S/C16H16ClFN2O2/c1-16(2,3)22-15(21)20-14-9-19-7-6-11(14)10-4-5-12(17)13(18)8-10/h4-9H,1-3H3,(H,20,21). The molecule has 1 amide bonds. The molecule has 0 aliphatic heterocycles. The van der Waals surface area contributed by atoms with Gasteiger partial charge in [0.05, 0.1) is 16.9 Å². The first-order valence-corrected chi connectivity index (χ1v) is 7.03. The van der Waals surface area contributed by atoms with Gasteiger partial charge in [-0.1, -0.05) is 17.7 Å². The summed E-state index contributed by atoms with van der Waals surface area (Å²) in [5.74, 6) is -0.529. The highest BCUT2D eigenvalue weighted by Crippen LogP contribution is 2.29. The molecule has 0 saturated heterocycles. The molecule has 1 N–H and O–H groups in total. The molecule has 116 valence electrons. The minimum atomic E-state index is -0.612. The number of carbonyl (C=O) groups is 1. The number of anilines is 1. The van der Waals surface area contributed by atoms with E-state index in [2.05, 4.69) is 10.3 Å². The second kappa shape index (κ2) is 6.32. The maximum atomic E-state index is 13.6. The Bertz CT molecular complexity index is 699. The minimum absolute atomic E-state index is 0.0412. The van der Waals surface area contributed by atoms with Crippen LogP contribution in [0.3, 0.4) is 0 Å². The monoisotopic (exact) mass is 322 g/mol. The van der Waals surface area contributed by atoms with Crippen LogP contribution in [0.25, 0.3) is 11.1 Å². The van der Waals surface area contributed by atoms with Crippen LogP contribution in [0.1, 0.15) is 20.8 Å². The lowest BCUT2D eigenvalue weighted by atomic mass is 10.1. The van der Waals surface area contributed by atoms with Crippen molar-refractivity contribution < 1.29 is 13.9 Å². The number of nitrogens with one attached hydrogen (secondary N) is 1. The lowest BCUT2D eigenvalue weighted by Gasteiger charge is -2.20. The number of amides is 1. The molecule has 1 aromatic heterocycles. The molecule has 6 heteroatoms. The molecule has 0 bridgehead atoms. The zero-order chi connectivity index (χ0) is 16.3. The Labute approximate surface area is 133 Å². The van der Waals surface area contributed by atoms with Crippen molar-refractivity contribution in [1.82, 2.24) is 4.98 Å². The van der Waals surface area contributed by atoms with Gasteiger partial charge in [-0.05, 0) is 44.5 Å². The molecule has 1 heterocycles. The minimum Gasteiger partial charge on any atom is -0.444 e. The third-order valence-electron chi connectivity index (χ3n) is 2.69. The van der Waals surface area contributed by atoms with E-state index < -0.39 is 17.5 Å². The largest absolute Gasteiger partial charge is 0.444 e. The van der Waals surface area contributed by atoms with Crippen LogP contribution in [0.2, 0.25) is 5.02 Å². The van der Waals surface area contributed by atoms with Crippen LogP contribution in [0.4, 0.5) is 14.9 Å². The number of nitrogens with zero attached hydrogens (tertiary/aromatic N) is 1. The molecule has 0 fully saturated rings. The van der Waals surface area contributed by atoms with E-state index in [-0.39, 0.29) is 5.02 Å². The van der Waals surface area contributed by atoms with E-state index in [4.69, 9.17) is 16.3 Å². The fourth-order valence-corrected chi connectivity index (χ4v) is 1.94. The van der Waals surface area contributed by atoms with Crippen molar-refractivity contribution in [2.24, 2.45) is 0 Å². The number of hydrogen-bond donors (Lipinski definition) is 1. The number of carbonyl (C=O) groups excluding carboxylic acids is 1. The molecule has 0 unspecified atom stereocenters. The summed E-state index contributed by atoms with van der Waals surface area (Å²) in [6.45, 7) is 5.31. The Morgan fingerprint density at radius 1 is 1.32 bits per heavy atom. The summed E-state index contributed by atoms with van der Waals surface area (Å²) in [4.78, 5) is 15.8. The second-order valence-corrected chi connectivity index (χ2v) is 6.08. The first kappa shape index (κ1) is 16.2. The average Bonchev–Trinajstić information content (AvgIpc) is 2.40. The number of rotatable bonds is 2. The Kier molecular flexibility index (Phi) is 4.66. The Morgan fingerprint density at radius 2 is 2.05 bits per heavy atom. The summed E-state index contributed by atoms with van der Waals surface area (Å²) in [6, 6.07) is 6.11. The van der Waals surface area contributed by atoms with Crippen LogP contribution in [-0.4, -0.2) is 16.7 Å². The molecule has 0 aliphatic rings. The number of benzene rings is 1. The van der Waals surface area contributed by atoms with Crippen molar-refractivity contribution in [3.05, 3.63) is 47.5 Å². The lowest BCUT2D eigenvalue weighted by molar-refractivity contribution is 0.0636. The number of pyridine rings is 1. The molecule has 4 nitrogen and oxygen atoms in total. The molecule has 0 saturated carbocycles. The van der Waals surface area contributed by atoms with E-state index >= 15 is 0 Å². The van der Waals surface area contributed by atoms with Crippen LogP contribution < -0.4 is 5.32 Å².